The summed E-state index contributed by atoms with van der Waals surface area (Å²) >= 11 is 0. The quantitative estimate of drug-likeness (QED) is 0.687. The standard InChI is InChI=1S/C14H21N3O2/c1-2-16-14(19)10-11-5-7-12(8-6-11)17-13(18)4-3-9-15/h5-8H,2-4,9-10,15H2,1H3,(H,16,19)(H,17,18). The van der Waals surface area contributed by atoms with E-state index in [1.165, 1.54) is 0 Å². The molecular formula is C14H21N3O2. The number of nitrogens with one attached hydrogen (secondary N) is 2. The van der Waals surface area contributed by atoms with Crippen molar-refractivity contribution in [2.75, 3.05) is 18.4 Å². The second-order valence-corrected chi connectivity index (χ2v) is 4.27. The molecule has 0 radical (unpaired) electrons. The van der Waals surface area contributed by atoms with Gasteiger partial charge in [0, 0.05) is 18.7 Å². The van der Waals surface area contributed by atoms with Crippen LogP contribution in [-0.2, 0) is 16.0 Å². The molecule has 0 aliphatic rings. The van der Waals surface area contributed by atoms with Crippen LogP contribution in [0.4, 0.5) is 5.69 Å². The Morgan fingerprint density at radius 1 is 1.16 bits per heavy atom. The molecule has 2 amide bonds. The lowest BCUT2D eigenvalue weighted by atomic mass is 10.1. The summed E-state index contributed by atoms with van der Waals surface area (Å²) in [6.07, 6.45) is 1.47. The van der Waals surface area contributed by atoms with Crippen molar-refractivity contribution in [3.63, 3.8) is 0 Å². The van der Waals surface area contributed by atoms with Crippen LogP contribution in [0.15, 0.2) is 24.3 Å². The van der Waals surface area contributed by atoms with Gasteiger partial charge in [0.25, 0.3) is 0 Å². The Bertz CT molecular complexity index is 415. The van der Waals surface area contributed by atoms with E-state index in [0.717, 1.165) is 11.3 Å². The first-order valence-electron chi connectivity index (χ1n) is 6.51. The van der Waals surface area contributed by atoms with Crippen molar-refractivity contribution >= 4 is 17.5 Å². The zero-order valence-corrected chi connectivity index (χ0v) is 11.2. The molecule has 5 heteroatoms. The van der Waals surface area contributed by atoms with E-state index in [1.807, 2.05) is 19.1 Å². The van der Waals surface area contributed by atoms with Crippen molar-refractivity contribution in [2.24, 2.45) is 5.73 Å². The van der Waals surface area contributed by atoms with Crippen LogP contribution in [0.25, 0.3) is 0 Å². The molecule has 104 valence electrons. The van der Waals surface area contributed by atoms with Gasteiger partial charge >= 0.3 is 0 Å². The van der Waals surface area contributed by atoms with Gasteiger partial charge < -0.3 is 16.4 Å². The number of carbonyl (C=O) groups excluding carboxylic acids is 2. The minimum absolute atomic E-state index is 0.00207. The summed E-state index contributed by atoms with van der Waals surface area (Å²) in [5, 5.41) is 5.53. The maximum atomic E-state index is 11.5. The van der Waals surface area contributed by atoms with Crippen LogP contribution in [0.5, 0.6) is 0 Å². The fourth-order valence-corrected chi connectivity index (χ4v) is 1.64. The van der Waals surface area contributed by atoms with Gasteiger partial charge in [0.1, 0.15) is 0 Å². The molecule has 4 N–H and O–H groups in total. The van der Waals surface area contributed by atoms with Gasteiger partial charge in [-0.05, 0) is 37.6 Å². The SMILES string of the molecule is CCNC(=O)Cc1ccc(NC(=O)CCCN)cc1. The number of anilines is 1. The highest BCUT2D eigenvalue weighted by Crippen LogP contribution is 2.10. The van der Waals surface area contributed by atoms with Crippen molar-refractivity contribution in [1.29, 1.82) is 0 Å². The number of carbonyl (C=O) groups is 2. The smallest absolute Gasteiger partial charge is 0.224 e. The average Bonchev–Trinajstić information content (AvgIpc) is 2.39. The molecule has 5 nitrogen and oxygen atoms in total. The zero-order valence-electron chi connectivity index (χ0n) is 11.2. The van der Waals surface area contributed by atoms with Gasteiger partial charge in [0.05, 0.1) is 6.42 Å². The van der Waals surface area contributed by atoms with E-state index >= 15 is 0 Å². The normalized spacial score (nSPS) is 10.0. The van der Waals surface area contributed by atoms with Crippen LogP contribution in [0.1, 0.15) is 25.3 Å². The maximum absolute atomic E-state index is 11.5. The van der Waals surface area contributed by atoms with Crippen molar-refractivity contribution in [1.82, 2.24) is 5.32 Å². The molecular weight excluding hydrogens is 242 g/mol. The monoisotopic (exact) mass is 263 g/mol. The van der Waals surface area contributed by atoms with E-state index < -0.39 is 0 Å². The molecule has 0 aromatic heterocycles. The Hall–Kier alpha value is -1.88. The predicted octanol–water partition coefficient (Wildman–Crippen LogP) is 1.04. The summed E-state index contributed by atoms with van der Waals surface area (Å²) in [4.78, 5) is 22.9. The van der Waals surface area contributed by atoms with Crippen molar-refractivity contribution in [3.05, 3.63) is 29.8 Å². The highest BCUT2D eigenvalue weighted by atomic mass is 16.2. The zero-order chi connectivity index (χ0) is 14.1. The van der Waals surface area contributed by atoms with E-state index in [9.17, 15) is 9.59 Å². The number of likely N-dealkylation sites (N-methyl/N-ethyl adjacent to an activating group) is 1. The predicted molar refractivity (Wildman–Crippen MR) is 75.7 cm³/mol. The molecule has 0 fully saturated rings. The van der Waals surface area contributed by atoms with Gasteiger partial charge in [0.2, 0.25) is 11.8 Å². The molecule has 0 atom stereocenters. The van der Waals surface area contributed by atoms with Crippen LogP contribution >= 0.6 is 0 Å². The summed E-state index contributed by atoms with van der Waals surface area (Å²) < 4.78 is 0. The van der Waals surface area contributed by atoms with Gasteiger partial charge in [0.15, 0.2) is 0 Å². The molecule has 19 heavy (non-hydrogen) atoms. The van der Waals surface area contributed by atoms with Crippen molar-refractivity contribution < 1.29 is 9.59 Å². The molecule has 0 bridgehead atoms. The van der Waals surface area contributed by atoms with Crippen molar-refractivity contribution in [3.8, 4) is 0 Å². The highest BCUT2D eigenvalue weighted by Gasteiger charge is 2.04. The lowest BCUT2D eigenvalue weighted by Gasteiger charge is -2.06. The van der Waals surface area contributed by atoms with Crippen molar-refractivity contribution in [2.45, 2.75) is 26.2 Å². The Kier molecular flexibility index (Phi) is 6.60. The van der Waals surface area contributed by atoms with Gasteiger partial charge in [-0.15, -0.1) is 0 Å². The number of hydrogen-bond donors (Lipinski definition) is 3. The molecule has 1 aromatic rings. The topological polar surface area (TPSA) is 84.2 Å². The van der Waals surface area contributed by atoms with E-state index in [1.54, 1.807) is 12.1 Å². The van der Waals surface area contributed by atoms with Crippen LogP contribution in [0.3, 0.4) is 0 Å². The first-order chi connectivity index (χ1) is 9.15. The summed E-state index contributed by atoms with van der Waals surface area (Å²) in [5.41, 5.74) is 7.00. The second kappa shape index (κ2) is 8.26. The van der Waals surface area contributed by atoms with Gasteiger partial charge in [-0.3, -0.25) is 9.59 Å². The summed E-state index contributed by atoms with van der Waals surface area (Å²) in [7, 11) is 0. The molecule has 1 aromatic carbocycles. The minimum atomic E-state index is -0.0399. The number of hydrogen-bond acceptors (Lipinski definition) is 3. The molecule has 0 aliphatic carbocycles. The fourth-order valence-electron chi connectivity index (χ4n) is 1.64. The number of amides is 2. The third-order valence-corrected chi connectivity index (χ3v) is 2.58. The second-order valence-electron chi connectivity index (χ2n) is 4.27. The lowest BCUT2D eigenvalue weighted by molar-refractivity contribution is -0.120. The third kappa shape index (κ3) is 6.01. The molecule has 0 spiro atoms. The first kappa shape index (κ1) is 15.2. The molecule has 0 unspecified atom stereocenters. The van der Waals surface area contributed by atoms with Crippen LogP contribution in [-0.4, -0.2) is 24.9 Å². The van der Waals surface area contributed by atoms with Crippen LogP contribution in [0, 0.1) is 0 Å². The fraction of sp³-hybridized carbons (Fsp3) is 0.429. The first-order valence-corrected chi connectivity index (χ1v) is 6.51. The minimum Gasteiger partial charge on any atom is -0.356 e. The molecule has 1 rings (SSSR count). The lowest BCUT2D eigenvalue weighted by Crippen LogP contribution is -2.24. The highest BCUT2D eigenvalue weighted by molar-refractivity contribution is 5.90. The Morgan fingerprint density at radius 3 is 2.42 bits per heavy atom. The van der Waals surface area contributed by atoms with E-state index in [0.29, 0.717) is 32.4 Å². The largest absolute Gasteiger partial charge is 0.356 e. The third-order valence-electron chi connectivity index (χ3n) is 2.58. The summed E-state index contributed by atoms with van der Waals surface area (Å²) in [6.45, 7) is 3.03. The maximum Gasteiger partial charge on any atom is 0.224 e. The molecule has 0 saturated carbocycles. The molecule has 0 heterocycles. The average molecular weight is 263 g/mol. The molecule has 0 aliphatic heterocycles. The number of nitrogens with two attached hydrogens (primary N) is 1. The van der Waals surface area contributed by atoms with Gasteiger partial charge in [-0.1, -0.05) is 12.1 Å². The number of benzene rings is 1. The summed E-state index contributed by atoms with van der Waals surface area (Å²) in [6, 6.07) is 7.28. The van der Waals surface area contributed by atoms with E-state index in [-0.39, 0.29) is 11.8 Å². The Morgan fingerprint density at radius 2 is 1.84 bits per heavy atom. The molecule has 0 saturated heterocycles. The summed E-state index contributed by atoms with van der Waals surface area (Å²) in [5.74, 6) is -0.0378. The Balaban J connectivity index is 2.47. The van der Waals surface area contributed by atoms with Gasteiger partial charge in [-0.25, -0.2) is 0 Å². The van der Waals surface area contributed by atoms with E-state index in [2.05, 4.69) is 10.6 Å². The van der Waals surface area contributed by atoms with Crippen LogP contribution in [0.2, 0.25) is 0 Å². The van der Waals surface area contributed by atoms with E-state index in [4.69, 9.17) is 5.73 Å². The van der Waals surface area contributed by atoms with Crippen LogP contribution < -0.4 is 16.4 Å². The Labute approximate surface area is 113 Å². The van der Waals surface area contributed by atoms with Gasteiger partial charge in [-0.2, -0.15) is 0 Å². The number of rotatable bonds is 7.